The Labute approximate surface area is 161 Å². The quantitative estimate of drug-likeness (QED) is 0.417. The summed E-state index contributed by atoms with van der Waals surface area (Å²) in [6, 6.07) is 18.4. The molecule has 1 aliphatic rings. The third-order valence-corrected chi connectivity index (χ3v) is 6.64. The number of rotatable bonds is 3. The molecule has 3 aromatic rings. The van der Waals surface area contributed by atoms with Crippen molar-refractivity contribution >= 4 is 29.1 Å². The van der Waals surface area contributed by atoms with Crippen LogP contribution in [-0.2, 0) is 15.1 Å². The van der Waals surface area contributed by atoms with Crippen molar-refractivity contribution in [3.8, 4) is 0 Å². The maximum absolute atomic E-state index is 12.7. The Kier molecular flexibility index (Phi) is 4.25. The molecule has 1 atom stereocenters. The molecule has 0 spiro atoms. The topological polar surface area (TPSA) is 26.3 Å². The first-order valence-corrected chi connectivity index (χ1v) is 10.0. The summed E-state index contributed by atoms with van der Waals surface area (Å²) < 4.78 is 6.28. The fraction of sp³-hybridized carbons (Fsp3) is 0.136. The summed E-state index contributed by atoms with van der Waals surface area (Å²) in [4.78, 5) is 15.9. The van der Waals surface area contributed by atoms with Crippen LogP contribution in [0.15, 0.2) is 81.9 Å². The summed E-state index contributed by atoms with van der Waals surface area (Å²) in [6.07, 6.45) is 0. The van der Waals surface area contributed by atoms with Gasteiger partial charge in [0.2, 0.25) is 0 Å². The highest BCUT2D eigenvalue weighted by Gasteiger charge is 2.48. The number of thiophene rings is 1. The van der Waals surface area contributed by atoms with E-state index in [9.17, 15) is 4.79 Å². The standard InChI is InChI=1S/C22H18O2S2/c1-14(2)21(23)24-22(19-12-7-13-25-19)16-9-4-5-10-17(16)26-18-11-6-8-15(3)20(18)22/h4-13H,1H2,2-3H3. The lowest BCUT2D eigenvalue weighted by Crippen LogP contribution is -2.38. The zero-order valence-electron chi connectivity index (χ0n) is 14.6. The van der Waals surface area contributed by atoms with Crippen LogP contribution in [0.1, 0.15) is 28.5 Å². The predicted octanol–water partition coefficient (Wildman–Crippen LogP) is 5.93. The fourth-order valence-corrected chi connectivity index (χ4v) is 5.53. The van der Waals surface area contributed by atoms with E-state index in [-0.39, 0.29) is 5.97 Å². The number of carbonyl (C=O) groups excluding carboxylic acids is 1. The van der Waals surface area contributed by atoms with Crippen LogP contribution in [0, 0.1) is 6.92 Å². The Morgan fingerprint density at radius 3 is 2.54 bits per heavy atom. The third-order valence-electron chi connectivity index (χ3n) is 4.54. The molecule has 0 saturated heterocycles. The minimum Gasteiger partial charge on any atom is -0.440 e. The van der Waals surface area contributed by atoms with Gasteiger partial charge in [-0.1, -0.05) is 54.7 Å². The predicted molar refractivity (Wildman–Crippen MR) is 107 cm³/mol. The molecule has 0 fully saturated rings. The number of fused-ring (bicyclic) bond motifs is 2. The van der Waals surface area contributed by atoms with Crippen molar-refractivity contribution in [2.75, 3.05) is 0 Å². The van der Waals surface area contributed by atoms with Crippen LogP contribution in [0.4, 0.5) is 0 Å². The molecule has 0 amide bonds. The number of ether oxygens (including phenoxy) is 1. The van der Waals surface area contributed by atoms with E-state index in [1.807, 2.05) is 29.6 Å². The van der Waals surface area contributed by atoms with Crippen molar-refractivity contribution in [3.05, 3.63) is 93.7 Å². The lowest BCUT2D eigenvalue weighted by molar-refractivity contribution is -0.148. The van der Waals surface area contributed by atoms with Crippen molar-refractivity contribution in [3.63, 3.8) is 0 Å². The minimum atomic E-state index is -0.952. The minimum absolute atomic E-state index is 0.380. The summed E-state index contributed by atoms with van der Waals surface area (Å²) in [5.74, 6) is -0.380. The molecule has 2 aromatic carbocycles. The maximum Gasteiger partial charge on any atom is 0.334 e. The van der Waals surface area contributed by atoms with Crippen molar-refractivity contribution in [2.45, 2.75) is 29.2 Å². The lowest BCUT2D eigenvalue weighted by Gasteiger charge is -2.40. The van der Waals surface area contributed by atoms with Gasteiger partial charge in [0.15, 0.2) is 5.60 Å². The first-order chi connectivity index (χ1) is 12.5. The molecule has 0 aliphatic carbocycles. The maximum atomic E-state index is 12.7. The first kappa shape index (κ1) is 17.1. The van der Waals surface area contributed by atoms with Crippen molar-refractivity contribution in [2.24, 2.45) is 0 Å². The van der Waals surface area contributed by atoms with Gasteiger partial charge in [-0.2, -0.15) is 0 Å². The molecule has 0 saturated carbocycles. The van der Waals surface area contributed by atoms with Gasteiger partial charge in [0.05, 0.1) is 4.88 Å². The monoisotopic (exact) mass is 378 g/mol. The van der Waals surface area contributed by atoms with E-state index in [2.05, 4.69) is 43.8 Å². The molecule has 0 N–H and O–H groups in total. The van der Waals surface area contributed by atoms with Crippen LogP contribution in [0.5, 0.6) is 0 Å². The largest absolute Gasteiger partial charge is 0.440 e. The van der Waals surface area contributed by atoms with Gasteiger partial charge in [-0.05, 0) is 43.0 Å². The first-order valence-electron chi connectivity index (χ1n) is 8.34. The van der Waals surface area contributed by atoms with Gasteiger partial charge in [0.1, 0.15) is 0 Å². The van der Waals surface area contributed by atoms with Crippen LogP contribution < -0.4 is 0 Å². The van der Waals surface area contributed by atoms with Crippen molar-refractivity contribution in [1.82, 2.24) is 0 Å². The highest BCUT2D eigenvalue weighted by Crippen LogP contribution is 2.55. The zero-order valence-corrected chi connectivity index (χ0v) is 16.2. The van der Waals surface area contributed by atoms with Crippen LogP contribution in [0.25, 0.3) is 0 Å². The summed E-state index contributed by atoms with van der Waals surface area (Å²) in [5.41, 5.74) is 2.59. The number of carbonyl (C=O) groups is 1. The van der Waals surface area contributed by atoms with E-state index >= 15 is 0 Å². The number of hydrogen-bond donors (Lipinski definition) is 0. The van der Waals surface area contributed by atoms with Crippen LogP contribution in [0.2, 0.25) is 0 Å². The zero-order chi connectivity index (χ0) is 18.3. The Hall–Kier alpha value is -2.30. The highest BCUT2D eigenvalue weighted by atomic mass is 32.2. The van der Waals surface area contributed by atoms with E-state index in [0.29, 0.717) is 5.57 Å². The average molecular weight is 379 g/mol. The van der Waals surface area contributed by atoms with Gasteiger partial charge in [-0.25, -0.2) is 4.79 Å². The molecule has 4 heteroatoms. The third kappa shape index (κ3) is 2.52. The Morgan fingerprint density at radius 2 is 1.81 bits per heavy atom. The Bertz CT molecular complexity index is 1000. The van der Waals surface area contributed by atoms with E-state index < -0.39 is 5.60 Å². The van der Waals surface area contributed by atoms with E-state index in [4.69, 9.17) is 4.74 Å². The molecule has 1 unspecified atom stereocenters. The summed E-state index contributed by atoms with van der Waals surface area (Å²) in [7, 11) is 0. The molecular weight excluding hydrogens is 360 g/mol. The van der Waals surface area contributed by atoms with E-state index in [1.54, 1.807) is 30.0 Å². The molecule has 1 aromatic heterocycles. The van der Waals surface area contributed by atoms with E-state index in [1.165, 1.54) is 0 Å². The second kappa shape index (κ2) is 6.45. The van der Waals surface area contributed by atoms with Gasteiger partial charge in [0, 0.05) is 26.5 Å². The van der Waals surface area contributed by atoms with E-state index in [0.717, 1.165) is 31.4 Å². The molecule has 4 rings (SSSR count). The molecule has 2 heterocycles. The SMILES string of the molecule is C=C(C)C(=O)OC1(c2cccs2)c2ccccc2Sc2cccc(C)c21. The van der Waals surface area contributed by atoms with Gasteiger partial charge >= 0.3 is 5.97 Å². The van der Waals surface area contributed by atoms with Crippen LogP contribution in [0.3, 0.4) is 0 Å². The summed E-state index contributed by atoms with van der Waals surface area (Å²) >= 11 is 3.32. The lowest BCUT2D eigenvalue weighted by atomic mass is 9.81. The van der Waals surface area contributed by atoms with Crippen molar-refractivity contribution < 1.29 is 9.53 Å². The van der Waals surface area contributed by atoms with Gasteiger partial charge < -0.3 is 4.74 Å². The molecule has 2 nitrogen and oxygen atoms in total. The molecular formula is C22H18O2S2. The van der Waals surface area contributed by atoms with Crippen LogP contribution >= 0.6 is 23.1 Å². The van der Waals surface area contributed by atoms with Gasteiger partial charge in [0.25, 0.3) is 0 Å². The second-order valence-electron chi connectivity index (χ2n) is 6.37. The summed E-state index contributed by atoms with van der Waals surface area (Å²) in [5, 5.41) is 2.02. The number of hydrogen-bond acceptors (Lipinski definition) is 4. The molecule has 26 heavy (non-hydrogen) atoms. The Balaban J connectivity index is 2.10. The number of aryl methyl sites for hydroxylation is 1. The number of benzene rings is 2. The normalized spacial score (nSPS) is 17.9. The highest BCUT2D eigenvalue weighted by molar-refractivity contribution is 7.99. The second-order valence-corrected chi connectivity index (χ2v) is 8.41. The molecule has 0 radical (unpaired) electrons. The Morgan fingerprint density at radius 1 is 1.04 bits per heavy atom. The molecule has 130 valence electrons. The smallest absolute Gasteiger partial charge is 0.334 e. The van der Waals surface area contributed by atoms with Crippen LogP contribution in [-0.4, -0.2) is 5.97 Å². The fourth-order valence-electron chi connectivity index (χ4n) is 3.39. The number of esters is 1. The molecule has 0 bridgehead atoms. The van der Waals surface area contributed by atoms with Gasteiger partial charge in [-0.15, -0.1) is 11.3 Å². The van der Waals surface area contributed by atoms with Gasteiger partial charge in [-0.3, -0.25) is 0 Å². The van der Waals surface area contributed by atoms with Crippen molar-refractivity contribution in [1.29, 1.82) is 0 Å². The molecule has 1 aliphatic heterocycles. The summed E-state index contributed by atoms with van der Waals surface area (Å²) in [6.45, 7) is 7.55. The average Bonchev–Trinajstić information content (AvgIpc) is 3.16.